The predicted octanol–water partition coefficient (Wildman–Crippen LogP) is 6.99. The van der Waals surface area contributed by atoms with E-state index in [-0.39, 0.29) is 0 Å². The SMILES string of the molecule is Brc1cnc(Nc2ccc(CN3CCCC3)cc2)nc1NCCc1cnc[nH]1.CC.Cc1cnc(Nc2ccc(C(N)=O)cc2)nc1NCCc1cnc[nH]1. The van der Waals surface area contributed by atoms with Crippen molar-refractivity contribution in [3.8, 4) is 0 Å². The summed E-state index contributed by atoms with van der Waals surface area (Å²) in [5.74, 6) is 2.12. The number of carbonyl (C=O) groups excluding carboxylic acids is 1. The number of imidazole rings is 2. The van der Waals surface area contributed by atoms with Crippen LogP contribution in [-0.2, 0) is 19.4 Å². The first-order chi connectivity index (χ1) is 26.9. The number of nitrogens with zero attached hydrogens (tertiary/aromatic N) is 7. The van der Waals surface area contributed by atoms with Crippen LogP contribution >= 0.6 is 15.9 Å². The second kappa shape index (κ2) is 21.1. The molecule has 0 saturated carbocycles. The van der Waals surface area contributed by atoms with Crippen molar-refractivity contribution in [3.05, 3.63) is 119 Å². The molecule has 0 spiro atoms. The summed E-state index contributed by atoms with van der Waals surface area (Å²) in [6.45, 7) is 10.9. The number of carbonyl (C=O) groups is 1. The Morgan fingerprint density at radius 1 is 0.764 bits per heavy atom. The summed E-state index contributed by atoms with van der Waals surface area (Å²) in [4.78, 5) is 45.5. The molecule has 8 N–H and O–H groups in total. The van der Waals surface area contributed by atoms with Crippen LogP contribution in [0.2, 0.25) is 0 Å². The molecule has 1 amide bonds. The molecule has 4 aromatic heterocycles. The van der Waals surface area contributed by atoms with E-state index in [9.17, 15) is 4.79 Å². The molecule has 16 heteroatoms. The smallest absolute Gasteiger partial charge is 0.248 e. The van der Waals surface area contributed by atoms with Gasteiger partial charge in [0.15, 0.2) is 0 Å². The maximum absolute atomic E-state index is 11.1. The highest BCUT2D eigenvalue weighted by molar-refractivity contribution is 9.10. The fourth-order valence-electron chi connectivity index (χ4n) is 5.57. The van der Waals surface area contributed by atoms with E-state index in [2.05, 4.69) is 106 Å². The maximum atomic E-state index is 11.1. The molecule has 0 aliphatic carbocycles. The quantitative estimate of drug-likeness (QED) is 0.0561. The molecule has 1 saturated heterocycles. The first kappa shape index (κ1) is 40.3. The van der Waals surface area contributed by atoms with Gasteiger partial charge in [-0.05, 0) is 90.7 Å². The molecule has 6 aromatic rings. The Bertz CT molecular complexity index is 2020. The average molecular weight is 810 g/mol. The van der Waals surface area contributed by atoms with Gasteiger partial charge >= 0.3 is 0 Å². The average Bonchev–Trinajstić information content (AvgIpc) is 4.02. The molecule has 288 valence electrons. The minimum Gasteiger partial charge on any atom is -0.369 e. The fourth-order valence-corrected chi connectivity index (χ4v) is 5.91. The summed E-state index contributed by atoms with van der Waals surface area (Å²) in [6, 6.07) is 15.3. The monoisotopic (exact) mass is 808 g/mol. The standard InChI is InChI=1S/C20H24BrN7.C17H19N7O.C2H6/c21-18-12-24-20(27-19(18)23-8-7-17-11-22-14-25-17)26-16-5-3-15(4-6-16)13-28-9-1-2-10-28;1-11-8-21-17(23-13-4-2-12(3-5-13)15(18)25)24-16(11)20-7-6-14-9-19-10-22-14;1-2/h3-6,11-12,14H,1-2,7-10,13H2,(H,22,25)(H2,23,24,26,27);2-5,8-10H,6-7H2,1H3,(H2,18,25)(H,19,22)(H2,20,21,23,24);1-2H3. The lowest BCUT2D eigenvalue weighted by molar-refractivity contribution is 0.100. The van der Waals surface area contributed by atoms with Gasteiger partial charge < -0.3 is 37.0 Å². The number of H-pyrrole nitrogens is 2. The number of likely N-dealkylation sites (tertiary alicyclic amines) is 1. The Balaban J connectivity index is 0.000000203. The van der Waals surface area contributed by atoms with Gasteiger partial charge in [-0.25, -0.2) is 19.9 Å². The number of hydrogen-bond donors (Lipinski definition) is 7. The molecule has 1 aliphatic heterocycles. The number of nitrogens with two attached hydrogens (primary N) is 1. The van der Waals surface area contributed by atoms with Gasteiger partial charge in [0.05, 0.1) is 17.1 Å². The van der Waals surface area contributed by atoms with Crippen LogP contribution < -0.4 is 27.0 Å². The molecule has 15 nitrogen and oxygen atoms in total. The Labute approximate surface area is 330 Å². The van der Waals surface area contributed by atoms with E-state index < -0.39 is 5.91 Å². The lowest BCUT2D eigenvalue weighted by Crippen LogP contribution is -2.18. The number of aromatic amines is 2. The second-order valence-electron chi connectivity index (χ2n) is 12.5. The van der Waals surface area contributed by atoms with Crippen molar-refractivity contribution in [1.82, 2.24) is 44.8 Å². The van der Waals surface area contributed by atoms with Gasteiger partial charge in [-0.2, -0.15) is 9.97 Å². The number of nitrogens with one attached hydrogen (secondary N) is 6. The van der Waals surface area contributed by atoms with Crippen molar-refractivity contribution >= 4 is 56.7 Å². The van der Waals surface area contributed by atoms with E-state index in [0.717, 1.165) is 76.9 Å². The number of aromatic nitrogens is 8. The van der Waals surface area contributed by atoms with Crippen molar-refractivity contribution in [2.24, 2.45) is 5.73 Å². The number of aryl methyl sites for hydroxylation is 1. The van der Waals surface area contributed by atoms with Gasteiger partial charge in [0.2, 0.25) is 17.8 Å². The fraction of sp³-hybridized carbons (Fsp3) is 0.308. The van der Waals surface area contributed by atoms with Crippen molar-refractivity contribution in [3.63, 3.8) is 0 Å². The van der Waals surface area contributed by atoms with Crippen molar-refractivity contribution in [2.75, 3.05) is 47.4 Å². The van der Waals surface area contributed by atoms with Gasteiger partial charge in [0.1, 0.15) is 11.6 Å². The third-order valence-corrected chi connectivity index (χ3v) is 9.02. The van der Waals surface area contributed by atoms with E-state index in [0.29, 0.717) is 17.5 Å². The summed E-state index contributed by atoms with van der Waals surface area (Å²) in [5, 5.41) is 13.0. The summed E-state index contributed by atoms with van der Waals surface area (Å²) < 4.78 is 0.837. The van der Waals surface area contributed by atoms with Crippen LogP contribution in [0.5, 0.6) is 0 Å². The molecule has 0 bridgehead atoms. The first-order valence-corrected chi connectivity index (χ1v) is 19.2. The van der Waals surface area contributed by atoms with Gasteiger partial charge in [-0.1, -0.05) is 26.0 Å². The predicted molar refractivity (Wildman–Crippen MR) is 222 cm³/mol. The molecule has 1 aliphatic rings. The molecular formula is C39H49BrN14O. The molecule has 1 fully saturated rings. The molecule has 0 radical (unpaired) electrons. The normalized spacial score (nSPS) is 12.1. The summed E-state index contributed by atoms with van der Waals surface area (Å²) in [5.41, 5.74) is 11.9. The molecule has 2 aromatic carbocycles. The van der Waals surface area contributed by atoms with Crippen LogP contribution in [0.3, 0.4) is 0 Å². The minimum absolute atomic E-state index is 0.455. The molecular weight excluding hydrogens is 760 g/mol. The van der Waals surface area contributed by atoms with E-state index in [1.165, 1.54) is 31.5 Å². The van der Waals surface area contributed by atoms with Crippen LogP contribution in [0.25, 0.3) is 0 Å². The molecule has 7 rings (SSSR count). The van der Waals surface area contributed by atoms with E-state index in [1.54, 1.807) is 55.5 Å². The van der Waals surface area contributed by atoms with Gasteiger partial charge in [-0.15, -0.1) is 0 Å². The van der Waals surface area contributed by atoms with Crippen LogP contribution in [0.1, 0.15) is 59.6 Å². The van der Waals surface area contributed by atoms with Crippen molar-refractivity contribution in [1.29, 1.82) is 0 Å². The molecule has 5 heterocycles. The number of halogens is 1. The van der Waals surface area contributed by atoms with Crippen molar-refractivity contribution < 1.29 is 4.79 Å². The summed E-state index contributed by atoms with van der Waals surface area (Å²) in [6.07, 6.45) is 14.8. The van der Waals surface area contributed by atoms with Gasteiger partial charge in [-0.3, -0.25) is 9.69 Å². The summed E-state index contributed by atoms with van der Waals surface area (Å²) in [7, 11) is 0. The number of anilines is 6. The maximum Gasteiger partial charge on any atom is 0.248 e. The Hall–Kier alpha value is -5.87. The highest BCUT2D eigenvalue weighted by atomic mass is 79.9. The van der Waals surface area contributed by atoms with Crippen LogP contribution in [-0.4, -0.2) is 76.9 Å². The number of benzene rings is 2. The zero-order chi connectivity index (χ0) is 38.8. The zero-order valence-corrected chi connectivity index (χ0v) is 33.0. The summed E-state index contributed by atoms with van der Waals surface area (Å²) >= 11 is 3.51. The van der Waals surface area contributed by atoms with Crippen molar-refractivity contribution in [2.45, 2.75) is 53.0 Å². The van der Waals surface area contributed by atoms with Crippen LogP contribution in [0.15, 0.2) is 90.4 Å². The van der Waals surface area contributed by atoms with E-state index in [4.69, 9.17) is 5.73 Å². The molecule has 0 atom stereocenters. The molecule has 0 unspecified atom stereocenters. The number of rotatable bonds is 15. The highest BCUT2D eigenvalue weighted by Gasteiger charge is 2.12. The topological polar surface area (TPSA) is 203 Å². The zero-order valence-electron chi connectivity index (χ0n) is 31.4. The van der Waals surface area contributed by atoms with E-state index >= 15 is 0 Å². The number of primary amides is 1. The molecule has 55 heavy (non-hydrogen) atoms. The first-order valence-electron chi connectivity index (χ1n) is 18.4. The Kier molecular flexibility index (Phi) is 15.5. The third-order valence-electron chi connectivity index (χ3n) is 8.44. The lowest BCUT2D eigenvalue weighted by atomic mass is 10.2. The highest BCUT2D eigenvalue weighted by Crippen LogP contribution is 2.23. The minimum atomic E-state index is -0.457. The van der Waals surface area contributed by atoms with Crippen LogP contribution in [0, 0.1) is 6.92 Å². The number of amides is 1. The van der Waals surface area contributed by atoms with Gasteiger partial charge in [0.25, 0.3) is 0 Å². The Morgan fingerprint density at radius 2 is 1.29 bits per heavy atom. The largest absolute Gasteiger partial charge is 0.369 e. The van der Waals surface area contributed by atoms with Crippen LogP contribution in [0.4, 0.5) is 34.9 Å². The van der Waals surface area contributed by atoms with Gasteiger partial charge in [0, 0.05) is 91.2 Å². The number of hydrogen-bond acceptors (Lipinski definition) is 12. The lowest BCUT2D eigenvalue weighted by Gasteiger charge is -2.15. The van der Waals surface area contributed by atoms with E-state index in [1.807, 2.05) is 27.0 Å². The Morgan fingerprint density at radius 3 is 1.84 bits per heavy atom. The third kappa shape index (κ3) is 12.9. The second-order valence-corrected chi connectivity index (χ2v) is 13.3.